The Morgan fingerprint density at radius 1 is 0.960 bits per heavy atom. The van der Waals surface area contributed by atoms with Crippen molar-refractivity contribution >= 4 is 0 Å². The molecule has 5 heteroatoms. The van der Waals surface area contributed by atoms with Crippen LogP contribution in [0.5, 0.6) is 0 Å². The summed E-state index contributed by atoms with van der Waals surface area (Å²) < 4.78 is 1.92. The van der Waals surface area contributed by atoms with Gasteiger partial charge in [-0.25, -0.2) is 14.6 Å². The third-order valence-corrected chi connectivity index (χ3v) is 3.92. The van der Waals surface area contributed by atoms with Crippen LogP contribution >= 0.6 is 0 Å². The van der Waals surface area contributed by atoms with Crippen LogP contribution < -0.4 is 0 Å². The first-order valence-electron chi connectivity index (χ1n) is 8.12. The monoisotopic (exact) mass is 327 g/mol. The highest BCUT2D eigenvalue weighted by Gasteiger charge is 2.15. The van der Waals surface area contributed by atoms with Crippen LogP contribution in [0, 0.1) is 6.92 Å². The minimum Gasteiger partial charge on any atom is -0.261 e. The van der Waals surface area contributed by atoms with Gasteiger partial charge in [0.25, 0.3) is 0 Å². The first-order valence-corrected chi connectivity index (χ1v) is 8.12. The van der Waals surface area contributed by atoms with Gasteiger partial charge >= 0.3 is 0 Å². The lowest BCUT2D eigenvalue weighted by Gasteiger charge is -2.06. The highest BCUT2D eigenvalue weighted by atomic mass is 15.3. The Bertz CT molecular complexity index is 977. The van der Waals surface area contributed by atoms with Gasteiger partial charge in [-0.05, 0) is 18.6 Å². The van der Waals surface area contributed by atoms with Gasteiger partial charge in [0, 0.05) is 18.0 Å². The van der Waals surface area contributed by atoms with Gasteiger partial charge in [-0.3, -0.25) is 4.98 Å². The summed E-state index contributed by atoms with van der Waals surface area (Å²) in [6, 6.07) is 18.5. The summed E-state index contributed by atoms with van der Waals surface area (Å²) in [5.74, 6) is 1.41. The molecule has 2 heterocycles. The normalized spacial score (nSPS) is 10.8. The molecular formula is C20H17N5. The molecule has 0 N–H and O–H groups in total. The van der Waals surface area contributed by atoms with Crippen LogP contribution in [-0.4, -0.2) is 24.7 Å². The van der Waals surface area contributed by atoms with E-state index in [-0.39, 0.29) is 0 Å². The van der Waals surface area contributed by atoms with Crippen LogP contribution in [0.25, 0.3) is 22.9 Å². The predicted molar refractivity (Wildman–Crippen MR) is 96.8 cm³/mol. The van der Waals surface area contributed by atoms with E-state index >= 15 is 0 Å². The molecule has 0 amide bonds. The molecule has 0 atom stereocenters. The maximum atomic E-state index is 4.74. The Hall–Kier alpha value is -3.34. The van der Waals surface area contributed by atoms with Crippen molar-refractivity contribution in [1.29, 1.82) is 0 Å². The maximum Gasteiger partial charge on any atom is 0.201 e. The predicted octanol–water partition coefficient (Wildman–Crippen LogP) is 3.76. The molecule has 0 saturated heterocycles. The molecule has 2 aromatic heterocycles. The molecule has 0 fully saturated rings. The molecule has 2 aromatic carbocycles. The van der Waals surface area contributed by atoms with Gasteiger partial charge in [0.05, 0.1) is 12.7 Å². The quantitative estimate of drug-likeness (QED) is 0.573. The number of aryl methyl sites for hydroxylation is 1. The van der Waals surface area contributed by atoms with Gasteiger partial charge in [0.15, 0.2) is 5.82 Å². The highest BCUT2D eigenvalue weighted by Crippen LogP contribution is 2.23. The number of aromatic nitrogens is 5. The lowest BCUT2D eigenvalue weighted by molar-refractivity contribution is 0.694. The van der Waals surface area contributed by atoms with Crippen molar-refractivity contribution in [3.63, 3.8) is 0 Å². The molecule has 25 heavy (non-hydrogen) atoms. The van der Waals surface area contributed by atoms with Gasteiger partial charge in [0.2, 0.25) is 5.82 Å². The summed E-state index contributed by atoms with van der Waals surface area (Å²) in [6.45, 7) is 2.72. The zero-order chi connectivity index (χ0) is 17.1. The van der Waals surface area contributed by atoms with Gasteiger partial charge in [-0.1, -0.05) is 54.1 Å². The molecule has 122 valence electrons. The fraction of sp³-hybridized carbons (Fsp3) is 0.100. The van der Waals surface area contributed by atoms with E-state index in [9.17, 15) is 0 Å². The van der Waals surface area contributed by atoms with E-state index in [2.05, 4.69) is 52.3 Å². The Kier molecular flexibility index (Phi) is 4.04. The van der Waals surface area contributed by atoms with Crippen molar-refractivity contribution in [2.75, 3.05) is 0 Å². The first kappa shape index (κ1) is 15.2. The minimum atomic E-state index is 0.584. The van der Waals surface area contributed by atoms with Crippen molar-refractivity contribution in [3.8, 4) is 22.9 Å². The Morgan fingerprint density at radius 3 is 2.60 bits per heavy atom. The summed E-state index contributed by atoms with van der Waals surface area (Å²) in [4.78, 5) is 13.2. The summed E-state index contributed by atoms with van der Waals surface area (Å²) in [7, 11) is 0. The molecule has 0 saturated carbocycles. The van der Waals surface area contributed by atoms with E-state index in [0.717, 1.165) is 11.4 Å². The molecule has 4 aromatic rings. The van der Waals surface area contributed by atoms with E-state index in [1.807, 2.05) is 28.9 Å². The molecule has 0 bridgehead atoms. The Balaban J connectivity index is 1.81. The van der Waals surface area contributed by atoms with Crippen molar-refractivity contribution in [2.45, 2.75) is 13.5 Å². The minimum absolute atomic E-state index is 0.584. The van der Waals surface area contributed by atoms with Crippen LogP contribution in [0.2, 0.25) is 0 Å². The van der Waals surface area contributed by atoms with Crippen LogP contribution in [0.1, 0.15) is 11.1 Å². The summed E-state index contributed by atoms with van der Waals surface area (Å²) in [5.41, 5.74) is 4.07. The summed E-state index contributed by atoms with van der Waals surface area (Å²) >= 11 is 0. The van der Waals surface area contributed by atoms with Gasteiger partial charge in [-0.15, -0.1) is 5.10 Å². The maximum absolute atomic E-state index is 4.74. The van der Waals surface area contributed by atoms with Gasteiger partial charge < -0.3 is 0 Å². The van der Waals surface area contributed by atoms with Crippen LogP contribution in [0.4, 0.5) is 0 Å². The van der Waals surface area contributed by atoms with Crippen molar-refractivity contribution in [2.24, 2.45) is 0 Å². The van der Waals surface area contributed by atoms with E-state index in [1.54, 1.807) is 18.6 Å². The number of nitrogens with zero attached hydrogens (tertiary/aromatic N) is 5. The molecule has 5 nitrogen and oxygen atoms in total. The largest absolute Gasteiger partial charge is 0.261 e. The fourth-order valence-corrected chi connectivity index (χ4v) is 2.73. The van der Waals surface area contributed by atoms with Crippen LogP contribution in [-0.2, 0) is 6.54 Å². The van der Waals surface area contributed by atoms with Crippen molar-refractivity contribution < 1.29 is 0 Å². The van der Waals surface area contributed by atoms with E-state index in [0.29, 0.717) is 18.1 Å². The second kappa shape index (κ2) is 6.65. The average molecular weight is 327 g/mol. The third-order valence-electron chi connectivity index (χ3n) is 3.92. The Labute approximate surface area is 146 Å². The lowest BCUT2D eigenvalue weighted by Crippen LogP contribution is -2.04. The smallest absolute Gasteiger partial charge is 0.201 e. The zero-order valence-corrected chi connectivity index (χ0v) is 13.9. The van der Waals surface area contributed by atoms with Crippen LogP contribution in [0.15, 0.2) is 73.2 Å². The molecular weight excluding hydrogens is 310 g/mol. The molecule has 0 aliphatic heterocycles. The second-order valence-electron chi connectivity index (χ2n) is 5.86. The SMILES string of the molecule is Cc1cccc(-c2nc(-c3cnccn3)nn2Cc2ccccc2)c1. The summed E-state index contributed by atoms with van der Waals surface area (Å²) in [5, 5.41) is 4.68. The fourth-order valence-electron chi connectivity index (χ4n) is 2.73. The molecule has 0 radical (unpaired) electrons. The van der Waals surface area contributed by atoms with Crippen molar-refractivity contribution in [3.05, 3.63) is 84.3 Å². The number of hydrogen-bond acceptors (Lipinski definition) is 4. The molecule has 0 unspecified atom stereocenters. The van der Waals surface area contributed by atoms with Gasteiger partial charge in [0.1, 0.15) is 5.69 Å². The molecule has 0 aliphatic carbocycles. The first-order chi connectivity index (χ1) is 12.3. The average Bonchev–Trinajstić information content (AvgIpc) is 3.07. The molecule has 0 aliphatic rings. The Morgan fingerprint density at radius 2 is 1.84 bits per heavy atom. The van der Waals surface area contributed by atoms with E-state index in [4.69, 9.17) is 4.98 Å². The molecule has 0 spiro atoms. The number of rotatable bonds is 4. The third kappa shape index (κ3) is 3.30. The lowest BCUT2D eigenvalue weighted by atomic mass is 10.1. The zero-order valence-electron chi connectivity index (χ0n) is 13.9. The van der Waals surface area contributed by atoms with E-state index in [1.165, 1.54) is 11.1 Å². The molecule has 4 rings (SSSR count). The van der Waals surface area contributed by atoms with Gasteiger partial charge in [-0.2, -0.15) is 0 Å². The second-order valence-corrected chi connectivity index (χ2v) is 5.86. The highest BCUT2D eigenvalue weighted by molar-refractivity contribution is 5.60. The topological polar surface area (TPSA) is 56.5 Å². The van der Waals surface area contributed by atoms with Crippen LogP contribution in [0.3, 0.4) is 0 Å². The summed E-state index contributed by atoms with van der Waals surface area (Å²) in [6.07, 6.45) is 4.98. The van der Waals surface area contributed by atoms with E-state index < -0.39 is 0 Å². The standard InChI is InChI=1S/C20H17N5/c1-15-6-5-9-17(12-15)20-23-19(18-13-21-10-11-22-18)24-25(20)14-16-7-3-2-4-8-16/h2-13H,14H2,1H3. The number of hydrogen-bond donors (Lipinski definition) is 0. The van der Waals surface area contributed by atoms with Crippen molar-refractivity contribution in [1.82, 2.24) is 24.7 Å². The number of benzene rings is 2.